The van der Waals surface area contributed by atoms with Gasteiger partial charge in [-0.1, -0.05) is 206 Å². The van der Waals surface area contributed by atoms with Crippen molar-refractivity contribution in [1.82, 2.24) is 0 Å². The zero-order chi connectivity index (χ0) is 41.7. The van der Waals surface area contributed by atoms with Crippen LogP contribution in [0, 0.1) is 0 Å². The molecule has 10 aromatic carbocycles. The molecule has 0 spiro atoms. The molecule has 1 aliphatic rings. The topological polar surface area (TPSA) is 3.24 Å². The number of rotatable bonds is 8. The van der Waals surface area contributed by atoms with Crippen LogP contribution in [0.2, 0.25) is 0 Å². The lowest BCUT2D eigenvalue weighted by Gasteiger charge is -2.34. The maximum absolute atomic E-state index is 2.52. The van der Waals surface area contributed by atoms with E-state index < -0.39 is 5.41 Å². The van der Waals surface area contributed by atoms with E-state index in [1.807, 2.05) is 11.3 Å². The zero-order valence-electron chi connectivity index (χ0n) is 34.5. The van der Waals surface area contributed by atoms with Crippen molar-refractivity contribution < 1.29 is 0 Å². The molecule has 0 atom stereocenters. The molecule has 11 aromatic rings. The second kappa shape index (κ2) is 15.3. The van der Waals surface area contributed by atoms with Gasteiger partial charge in [0.25, 0.3) is 0 Å². The van der Waals surface area contributed by atoms with Crippen LogP contribution < -0.4 is 4.90 Å². The predicted octanol–water partition coefficient (Wildman–Crippen LogP) is 16.9. The number of hydrogen-bond acceptors (Lipinski definition) is 2. The maximum Gasteiger partial charge on any atom is 0.0713 e. The van der Waals surface area contributed by atoms with Gasteiger partial charge in [0.15, 0.2) is 0 Å². The molecule has 0 fully saturated rings. The lowest BCUT2D eigenvalue weighted by molar-refractivity contribution is 0.768. The number of fused-ring (bicyclic) bond motifs is 6. The number of nitrogens with zero attached hydrogens (tertiary/aromatic N) is 1. The average molecular weight is 820 g/mol. The third kappa shape index (κ3) is 5.98. The molecule has 0 radical (unpaired) electrons. The number of benzene rings is 10. The maximum atomic E-state index is 2.52. The molecule has 0 aliphatic heterocycles. The molecule has 63 heavy (non-hydrogen) atoms. The van der Waals surface area contributed by atoms with E-state index in [1.54, 1.807) is 0 Å². The molecule has 0 N–H and O–H groups in total. The SMILES string of the molecule is c1ccc(-c2ccccc2-c2c(-c3ccccc3)cccc2N(c2ccc3c(c2)-c2ccccc2C3(c2ccccc2)c2ccccc2)c2ccc3sc4ccccc4c3c2)cc1. The van der Waals surface area contributed by atoms with E-state index in [2.05, 4.69) is 254 Å². The minimum Gasteiger partial charge on any atom is -0.310 e. The second-order valence-electron chi connectivity index (χ2n) is 16.3. The molecule has 0 saturated heterocycles. The molecule has 296 valence electrons. The minimum atomic E-state index is -0.487. The van der Waals surface area contributed by atoms with E-state index in [0.717, 1.165) is 17.1 Å². The van der Waals surface area contributed by atoms with E-state index in [4.69, 9.17) is 0 Å². The third-order valence-corrected chi connectivity index (χ3v) is 14.1. The summed E-state index contributed by atoms with van der Waals surface area (Å²) in [4.78, 5) is 2.52. The van der Waals surface area contributed by atoms with Crippen LogP contribution in [0.4, 0.5) is 17.1 Å². The van der Waals surface area contributed by atoms with Gasteiger partial charge in [-0.2, -0.15) is 0 Å². The van der Waals surface area contributed by atoms with Crippen molar-refractivity contribution in [3.05, 3.63) is 271 Å². The molecular weight excluding hydrogens is 779 g/mol. The number of hydrogen-bond donors (Lipinski definition) is 0. The molecule has 0 amide bonds. The van der Waals surface area contributed by atoms with Crippen molar-refractivity contribution in [2.75, 3.05) is 4.90 Å². The average Bonchev–Trinajstić information content (AvgIpc) is 3.88. The van der Waals surface area contributed by atoms with Crippen molar-refractivity contribution in [2.45, 2.75) is 5.41 Å². The predicted molar refractivity (Wildman–Crippen MR) is 268 cm³/mol. The molecular formula is C61H41NS. The lowest BCUT2D eigenvalue weighted by Crippen LogP contribution is -2.28. The summed E-state index contributed by atoms with van der Waals surface area (Å²) in [5, 5.41) is 2.55. The van der Waals surface area contributed by atoms with Gasteiger partial charge in [-0.3, -0.25) is 0 Å². The highest BCUT2D eigenvalue weighted by Crippen LogP contribution is 2.58. The van der Waals surface area contributed by atoms with Crippen molar-refractivity contribution in [3.8, 4) is 44.5 Å². The Morgan fingerprint density at radius 2 is 0.825 bits per heavy atom. The summed E-state index contributed by atoms with van der Waals surface area (Å²) in [7, 11) is 0. The summed E-state index contributed by atoms with van der Waals surface area (Å²) in [6, 6.07) is 91.7. The zero-order valence-corrected chi connectivity index (χ0v) is 35.3. The summed E-state index contributed by atoms with van der Waals surface area (Å²) >= 11 is 1.86. The molecule has 2 heteroatoms. The molecule has 0 bridgehead atoms. The minimum absolute atomic E-state index is 0.487. The molecule has 1 aliphatic carbocycles. The highest BCUT2D eigenvalue weighted by molar-refractivity contribution is 7.25. The van der Waals surface area contributed by atoms with E-state index in [9.17, 15) is 0 Å². The van der Waals surface area contributed by atoms with Crippen LogP contribution in [0.5, 0.6) is 0 Å². The summed E-state index contributed by atoms with van der Waals surface area (Å²) in [5.41, 5.74) is 17.6. The summed E-state index contributed by atoms with van der Waals surface area (Å²) in [5.74, 6) is 0. The molecule has 0 unspecified atom stereocenters. The first kappa shape index (κ1) is 37.0. The number of anilines is 3. The van der Waals surface area contributed by atoms with Crippen molar-refractivity contribution >= 4 is 48.6 Å². The molecule has 12 rings (SSSR count). The third-order valence-electron chi connectivity index (χ3n) is 13.0. The van der Waals surface area contributed by atoms with Crippen molar-refractivity contribution in [1.29, 1.82) is 0 Å². The normalized spacial score (nSPS) is 12.6. The van der Waals surface area contributed by atoms with Crippen LogP contribution in [0.1, 0.15) is 22.3 Å². The Hall–Kier alpha value is -7.78. The van der Waals surface area contributed by atoms with Crippen LogP contribution in [0.15, 0.2) is 249 Å². The van der Waals surface area contributed by atoms with Gasteiger partial charge in [0, 0.05) is 37.1 Å². The Labute approximate surface area is 372 Å². The Bertz CT molecular complexity index is 3400. The molecule has 0 saturated carbocycles. The van der Waals surface area contributed by atoms with Gasteiger partial charge in [-0.15, -0.1) is 11.3 Å². The molecule has 1 heterocycles. The Morgan fingerprint density at radius 1 is 0.317 bits per heavy atom. The largest absolute Gasteiger partial charge is 0.310 e. The fourth-order valence-corrected chi connectivity index (χ4v) is 11.4. The van der Waals surface area contributed by atoms with Crippen molar-refractivity contribution in [2.24, 2.45) is 0 Å². The summed E-state index contributed by atoms with van der Waals surface area (Å²) in [6.45, 7) is 0. The Morgan fingerprint density at radius 3 is 1.54 bits per heavy atom. The van der Waals surface area contributed by atoms with E-state index in [1.165, 1.54) is 86.9 Å². The fourth-order valence-electron chi connectivity index (χ4n) is 10.3. The van der Waals surface area contributed by atoms with Gasteiger partial charge in [-0.05, 0) is 104 Å². The van der Waals surface area contributed by atoms with Crippen LogP contribution in [-0.2, 0) is 5.41 Å². The summed E-state index contributed by atoms with van der Waals surface area (Å²) < 4.78 is 2.58. The van der Waals surface area contributed by atoms with Gasteiger partial charge < -0.3 is 4.90 Å². The first-order valence-corrected chi connectivity index (χ1v) is 22.5. The van der Waals surface area contributed by atoms with Crippen LogP contribution in [0.25, 0.3) is 64.7 Å². The lowest BCUT2D eigenvalue weighted by atomic mass is 9.68. The highest BCUT2D eigenvalue weighted by Gasteiger charge is 2.46. The van der Waals surface area contributed by atoms with Crippen LogP contribution >= 0.6 is 11.3 Å². The molecule has 1 aromatic heterocycles. The fraction of sp³-hybridized carbons (Fsp3) is 0.0164. The highest BCUT2D eigenvalue weighted by atomic mass is 32.1. The Kier molecular flexibility index (Phi) is 8.98. The monoisotopic (exact) mass is 819 g/mol. The van der Waals surface area contributed by atoms with Gasteiger partial charge in [0.1, 0.15) is 0 Å². The first-order chi connectivity index (χ1) is 31.3. The van der Waals surface area contributed by atoms with Crippen molar-refractivity contribution in [3.63, 3.8) is 0 Å². The second-order valence-corrected chi connectivity index (χ2v) is 17.4. The Balaban J connectivity index is 1.17. The van der Waals surface area contributed by atoms with Gasteiger partial charge in [-0.25, -0.2) is 0 Å². The quantitative estimate of drug-likeness (QED) is 0.148. The first-order valence-electron chi connectivity index (χ1n) is 21.7. The van der Waals surface area contributed by atoms with Gasteiger partial charge in [0.05, 0.1) is 11.1 Å². The van der Waals surface area contributed by atoms with Gasteiger partial charge >= 0.3 is 0 Å². The van der Waals surface area contributed by atoms with Gasteiger partial charge in [0.2, 0.25) is 0 Å². The summed E-state index contributed by atoms with van der Waals surface area (Å²) in [6.07, 6.45) is 0. The standard InChI is InChI=1S/C61H41NS/c1-5-20-42(21-6-1)48-28-13-14-31-52(48)60-49(43-22-7-2-8-23-43)32-19-34-57(60)62(47-37-39-59-54(41-47)51-30-16-18-35-58(51)63-59)46-36-38-56-53(40-46)50-29-15-17-33-55(50)61(56,44-24-9-3-10-25-44)45-26-11-4-12-27-45/h1-41H. The van der Waals surface area contributed by atoms with Crippen LogP contribution in [0.3, 0.4) is 0 Å². The number of thiophene rings is 1. The van der Waals surface area contributed by atoms with E-state index in [0.29, 0.717) is 0 Å². The van der Waals surface area contributed by atoms with E-state index >= 15 is 0 Å². The van der Waals surface area contributed by atoms with Crippen LogP contribution in [-0.4, -0.2) is 0 Å². The molecule has 1 nitrogen and oxygen atoms in total. The smallest absolute Gasteiger partial charge is 0.0713 e. The van der Waals surface area contributed by atoms with E-state index in [-0.39, 0.29) is 0 Å².